The van der Waals surface area contributed by atoms with Crippen LogP contribution in [-0.4, -0.2) is 8.41 Å². The van der Waals surface area contributed by atoms with Gasteiger partial charge in [0.1, 0.15) is 0 Å². The second-order valence-corrected chi connectivity index (χ2v) is 0. The molecule has 1 nitrogen and oxygen atoms in total. The zero-order valence-corrected chi connectivity index (χ0v) is 3.16. The van der Waals surface area contributed by atoms with Gasteiger partial charge in [0.2, 0.25) is 0 Å². The van der Waals surface area contributed by atoms with E-state index in [-0.39, 0.29) is 41.1 Å². The summed E-state index contributed by atoms with van der Waals surface area (Å²) in [5.41, 5.74) is 0. The van der Waals surface area contributed by atoms with E-state index >= 15 is 0 Å². The van der Waals surface area contributed by atoms with Crippen LogP contribution in [0.25, 0.3) is 0 Å². The molecule has 0 heterocycles. The first kappa shape index (κ1) is 14400. The minimum Gasteiger partial charge on any atom is -0.344 e. The average molecular weight is 127 g/mol. The van der Waals surface area contributed by atoms with Gasteiger partial charge in [0, 0.05) is 0 Å². The van der Waals surface area contributed by atoms with Gasteiger partial charge in [0.15, 0.2) is 0 Å². The molecule has 0 rings (SSSR count). The van der Waals surface area contributed by atoms with E-state index in [2.05, 4.69) is 0 Å². The fourth-order valence-corrected chi connectivity index (χ4v) is 0. The minimum atomic E-state index is 0. The Labute approximate surface area is 42.2 Å². The summed E-state index contributed by atoms with van der Waals surface area (Å²) >= 11 is 0. The molecule has 0 aliphatic carbocycles. The summed E-state index contributed by atoms with van der Waals surface area (Å²) < 4.78 is 0. The van der Waals surface area contributed by atoms with Crippen molar-refractivity contribution in [1.29, 1.82) is 0 Å². The lowest BCUT2D eigenvalue weighted by atomic mass is 10.8. The smallest absolute Gasteiger partial charge is 0.0814 e. The lowest BCUT2D eigenvalue weighted by Gasteiger charge is -0.344. The van der Waals surface area contributed by atoms with E-state index in [1.807, 2.05) is 0 Å². The molecule has 0 aromatic rings. The number of halogens is 4. The van der Waals surface area contributed by atoms with Gasteiger partial charge in [-0.15, -0.1) is 12.4 Å². The van der Waals surface area contributed by atoms with Crippen LogP contribution in [0.1, 0.15) is 0 Å². The molecule has 0 unspecified atom stereocenters. The predicted octanol–water partition coefficient (Wildman–Crippen LogP) is -0.143. The molecule has 6 heteroatoms. The summed E-state index contributed by atoms with van der Waals surface area (Å²) in [5.74, 6) is 0. The Kier molecular flexibility index (Phi) is 18800000. The third-order valence-corrected chi connectivity index (χ3v) is 0. The topological polar surface area (TPSA) is 35.0 Å². The Morgan fingerprint density at radius 2 is 0.667 bits per heavy atom. The Morgan fingerprint density at radius 3 is 0.667 bits per heavy atom. The highest BCUT2D eigenvalue weighted by Gasteiger charge is 0.0814. The quantitative estimate of drug-likeness (QED) is 0.452. The highest BCUT2D eigenvalue weighted by Crippen LogP contribution is 0.690. The molecule has 0 aliphatic rings. The van der Waals surface area contributed by atoms with Gasteiger partial charge in [-0.05, 0) is 0 Å². The van der Waals surface area contributed by atoms with E-state index in [0.29, 0.717) is 0 Å². The summed E-state index contributed by atoms with van der Waals surface area (Å²) in [7, 11) is 0. The molecule has 0 aromatic heterocycles. The normalized spacial score (nSPS) is 0. The van der Waals surface area contributed by atoms with Crippen LogP contribution in [0, 0.1) is 0 Å². The number of hydrogen-bond donors (Lipinski definition) is 1. The number of rotatable bonds is 0. The first-order chi connectivity index (χ1) is 0. The first-order valence-corrected chi connectivity index (χ1v) is 0. The molecule has 0 fully saturated rings. The summed E-state index contributed by atoms with van der Waals surface area (Å²) in [6.45, 7) is 0. The third kappa shape index (κ3) is 3590. The van der Waals surface area contributed by atoms with Gasteiger partial charge >= 0.3 is 0 Å². The Bertz CT molecular complexity index is 10.8. The highest BCUT2D eigenvalue weighted by atomic mass is 35.5. The van der Waals surface area contributed by atoms with Crippen molar-refractivity contribution < 1.29 is 14.1 Å². The lowest BCUT2D eigenvalue weighted by Crippen LogP contribution is -0.481. The molecule has 0 bridgehead atoms. The Morgan fingerprint density at radius 1 is 0.667 bits per heavy atom. The van der Waals surface area contributed by atoms with Gasteiger partial charge in [0.05, 0.1) is 8.41 Å². The van der Waals surface area contributed by atoms with Crippen LogP contribution in [0.15, 0.2) is 0 Å². The van der Waals surface area contributed by atoms with E-state index < -0.39 is 0 Å². The lowest BCUT2D eigenvalue weighted by molar-refractivity contribution is 1.11. The maximum atomic E-state index is 0. The van der Waals surface area contributed by atoms with E-state index in [1.165, 1.54) is 0 Å². The van der Waals surface area contributed by atoms with Crippen LogP contribution in [-0.2, 0) is 0 Å². The van der Waals surface area contributed by atoms with Crippen molar-refractivity contribution in [3.05, 3.63) is 0 Å². The molecule has 0 aliphatic heterocycles. The molecule has 0 saturated carbocycles. The molecule has 0 aromatic carbocycles. The van der Waals surface area contributed by atoms with E-state index in [9.17, 15) is 0 Å². The summed E-state index contributed by atoms with van der Waals surface area (Å²) in [5, 5.41) is 0. The molecular formula is H10BClF3N. The van der Waals surface area contributed by atoms with Gasteiger partial charge in [-0.2, -0.15) is 0 Å². The molecule has 6 heavy (non-hydrogen) atoms. The van der Waals surface area contributed by atoms with Gasteiger partial charge in [-0.1, -0.05) is 0 Å². The molecule has 0 atom stereocenters. The standard InChI is InChI=1S/BH3.ClH.3FH.H3N/h1H3;4*1H;1H3. The van der Waals surface area contributed by atoms with Crippen molar-refractivity contribution in [3.63, 3.8) is 0 Å². The zero-order chi connectivity index (χ0) is 0. The summed E-state index contributed by atoms with van der Waals surface area (Å²) in [6, 6.07) is 0. The Hall–Kier alpha value is 0.105. The van der Waals surface area contributed by atoms with Crippen LogP contribution in [0.4, 0.5) is 14.1 Å². The van der Waals surface area contributed by atoms with Crippen molar-refractivity contribution >= 4 is 20.8 Å². The third-order valence-electron chi connectivity index (χ3n) is 0. The molecule has 0 spiro atoms. The van der Waals surface area contributed by atoms with Crippen LogP contribution in [0.2, 0.25) is 0 Å². The monoisotopic (exact) mass is 127 g/mol. The summed E-state index contributed by atoms with van der Waals surface area (Å²) in [6.07, 6.45) is 0. The maximum Gasteiger partial charge on any atom is 0.0814 e. The van der Waals surface area contributed by atoms with Gasteiger partial charge in [-0.3, -0.25) is 14.1 Å². The number of hydrogen-bond acceptors (Lipinski definition) is 1. The van der Waals surface area contributed by atoms with Crippen LogP contribution < -0.4 is 6.15 Å². The summed E-state index contributed by atoms with van der Waals surface area (Å²) in [4.78, 5) is 0. The predicted molar refractivity (Wildman–Crippen MR) is 29.7 cm³/mol. The van der Waals surface area contributed by atoms with E-state index in [4.69, 9.17) is 0 Å². The maximum absolute atomic E-state index is 0. The fourth-order valence-electron chi connectivity index (χ4n) is 0. The van der Waals surface area contributed by atoms with Crippen molar-refractivity contribution in [2.75, 3.05) is 0 Å². The van der Waals surface area contributed by atoms with Crippen molar-refractivity contribution in [1.82, 2.24) is 6.15 Å². The second kappa shape index (κ2) is 7810. The molecular weight excluding hydrogens is 117 g/mol. The first-order valence-electron chi connectivity index (χ1n) is 0. The fraction of sp³-hybridized carbons (Fsp3) is 0. The molecule has 0 radical (unpaired) electrons. The van der Waals surface area contributed by atoms with Crippen molar-refractivity contribution in [2.24, 2.45) is 0 Å². The van der Waals surface area contributed by atoms with E-state index in [1.54, 1.807) is 0 Å². The van der Waals surface area contributed by atoms with Crippen LogP contribution in [0.3, 0.4) is 0 Å². The molecule has 46 valence electrons. The average Bonchev–Trinajstić information content (AvgIpc) is 0. The minimum absolute atomic E-state index is 0. The van der Waals surface area contributed by atoms with E-state index in [0.717, 1.165) is 0 Å². The molecule has 3 N–H and O–H groups in total. The SMILES string of the molecule is B.Cl.F.F.F.N. The van der Waals surface area contributed by atoms with Gasteiger partial charge in [-0.25, -0.2) is 0 Å². The Balaban J connectivity index is 0. The molecule has 0 saturated heterocycles. The molecule has 0 amide bonds. The van der Waals surface area contributed by atoms with Gasteiger partial charge < -0.3 is 6.15 Å². The van der Waals surface area contributed by atoms with Crippen LogP contribution >= 0.6 is 12.4 Å². The second-order valence-electron chi connectivity index (χ2n) is 0. The van der Waals surface area contributed by atoms with Crippen molar-refractivity contribution in [3.8, 4) is 0 Å². The van der Waals surface area contributed by atoms with Crippen LogP contribution in [0.5, 0.6) is 0 Å². The zero-order valence-electron chi connectivity index (χ0n) is 2.34. The van der Waals surface area contributed by atoms with Gasteiger partial charge in [0.25, 0.3) is 0 Å². The van der Waals surface area contributed by atoms with Crippen molar-refractivity contribution in [2.45, 2.75) is 0 Å². The highest BCUT2D eigenvalue weighted by molar-refractivity contribution is 5.85. The largest absolute Gasteiger partial charge is 0.344 e.